The van der Waals surface area contributed by atoms with Crippen molar-refractivity contribution in [2.75, 3.05) is 12.8 Å². The highest BCUT2D eigenvalue weighted by Crippen LogP contribution is 2.43. The lowest BCUT2D eigenvalue weighted by Crippen LogP contribution is -2.14. The van der Waals surface area contributed by atoms with E-state index in [1.54, 1.807) is 7.11 Å². The number of ether oxygens (including phenoxy) is 1. The number of nitrogen functional groups attached to an aromatic ring is 1. The van der Waals surface area contributed by atoms with Crippen LogP contribution in [0.2, 0.25) is 5.02 Å². The van der Waals surface area contributed by atoms with Gasteiger partial charge in [0.1, 0.15) is 5.75 Å². The maximum Gasteiger partial charge on any atom is 0.138 e. The highest BCUT2D eigenvalue weighted by molar-refractivity contribution is 9.10. The van der Waals surface area contributed by atoms with Gasteiger partial charge in [0.2, 0.25) is 0 Å². The van der Waals surface area contributed by atoms with Crippen molar-refractivity contribution in [1.29, 1.82) is 0 Å². The van der Waals surface area contributed by atoms with Crippen LogP contribution in [0.3, 0.4) is 0 Å². The number of methoxy groups -OCH3 is 1. The van der Waals surface area contributed by atoms with E-state index in [-0.39, 0.29) is 5.41 Å². The molecule has 0 saturated heterocycles. The third-order valence-electron chi connectivity index (χ3n) is 2.20. The summed E-state index contributed by atoms with van der Waals surface area (Å²) in [4.78, 5) is 0. The van der Waals surface area contributed by atoms with Crippen molar-refractivity contribution in [1.82, 2.24) is 0 Å². The van der Waals surface area contributed by atoms with Crippen LogP contribution in [0.25, 0.3) is 0 Å². The minimum absolute atomic E-state index is 0.0351. The molecule has 0 amide bonds. The molecule has 1 aromatic rings. The minimum atomic E-state index is -0.0351. The van der Waals surface area contributed by atoms with Crippen LogP contribution in [0.1, 0.15) is 26.3 Å². The fourth-order valence-corrected chi connectivity index (χ4v) is 2.13. The van der Waals surface area contributed by atoms with Crippen molar-refractivity contribution < 1.29 is 4.74 Å². The number of rotatable bonds is 1. The first-order valence-corrected chi connectivity index (χ1v) is 5.78. The number of hydrogen-bond acceptors (Lipinski definition) is 2. The molecule has 0 spiro atoms. The molecule has 2 nitrogen and oxygen atoms in total. The van der Waals surface area contributed by atoms with Gasteiger partial charge in [0.25, 0.3) is 0 Å². The summed E-state index contributed by atoms with van der Waals surface area (Å²) in [6.07, 6.45) is 0. The lowest BCUT2D eigenvalue weighted by Gasteiger charge is -2.24. The molecule has 84 valence electrons. The molecule has 0 fully saturated rings. The average molecular weight is 293 g/mol. The van der Waals surface area contributed by atoms with Crippen LogP contribution in [0.5, 0.6) is 5.75 Å². The second-order valence-corrected chi connectivity index (χ2v) is 5.60. The van der Waals surface area contributed by atoms with Crippen LogP contribution >= 0.6 is 27.5 Å². The molecule has 0 aromatic heterocycles. The molecule has 4 heteroatoms. The Hall–Kier alpha value is -0.410. The molecule has 15 heavy (non-hydrogen) atoms. The van der Waals surface area contributed by atoms with Gasteiger partial charge in [-0.2, -0.15) is 0 Å². The van der Waals surface area contributed by atoms with Crippen molar-refractivity contribution in [3.63, 3.8) is 0 Å². The van der Waals surface area contributed by atoms with Gasteiger partial charge in [0.05, 0.1) is 22.3 Å². The number of halogens is 2. The summed E-state index contributed by atoms with van der Waals surface area (Å²) in [6.45, 7) is 6.31. The SMILES string of the molecule is COc1c(C(C)(C)C)cc(N)c(Cl)c1Br. The smallest absolute Gasteiger partial charge is 0.138 e. The van der Waals surface area contributed by atoms with Gasteiger partial charge < -0.3 is 10.5 Å². The Kier molecular flexibility index (Phi) is 3.56. The summed E-state index contributed by atoms with van der Waals surface area (Å²) in [5, 5.41) is 0.500. The largest absolute Gasteiger partial charge is 0.495 e. The fraction of sp³-hybridized carbons (Fsp3) is 0.455. The molecule has 0 aliphatic carbocycles. The van der Waals surface area contributed by atoms with Crippen LogP contribution in [-0.4, -0.2) is 7.11 Å². The predicted octanol–water partition coefficient (Wildman–Crippen LogP) is 3.99. The van der Waals surface area contributed by atoms with Gasteiger partial charge in [-0.15, -0.1) is 0 Å². The molecular formula is C11H15BrClNO. The van der Waals surface area contributed by atoms with Gasteiger partial charge in [0.15, 0.2) is 0 Å². The lowest BCUT2D eigenvalue weighted by molar-refractivity contribution is 0.395. The van der Waals surface area contributed by atoms with Crippen molar-refractivity contribution in [3.8, 4) is 5.75 Å². The fourth-order valence-electron chi connectivity index (χ4n) is 1.39. The topological polar surface area (TPSA) is 35.2 Å². The Bertz CT molecular complexity index is 385. The molecule has 0 atom stereocenters. The standard InChI is InChI=1S/C11H15BrClNO/c1-11(2,3)6-5-7(14)9(13)8(12)10(6)15-4/h5H,14H2,1-4H3. The minimum Gasteiger partial charge on any atom is -0.495 e. The van der Waals surface area contributed by atoms with E-state index >= 15 is 0 Å². The quantitative estimate of drug-likeness (QED) is 0.794. The molecule has 0 radical (unpaired) electrons. The van der Waals surface area contributed by atoms with Crippen molar-refractivity contribution in [3.05, 3.63) is 21.1 Å². The highest BCUT2D eigenvalue weighted by atomic mass is 79.9. The van der Waals surface area contributed by atoms with Gasteiger partial charge in [0, 0.05) is 5.56 Å². The zero-order chi connectivity index (χ0) is 11.8. The molecule has 0 saturated carbocycles. The van der Waals surface area contributed by atoms with Gasteiger partial charge in [-0.3, -0.25) is 0 Å². The summed E-state index contributed by atoms with van der Waals surface area (Å²) < 4.78 is 6.07. The molecule has 0 unspecified atom stereocenters. The van der Waals surface area contributed by atoms with Gasteiger partial charge >= 0.3 is 0 Å². The van der Waals surface area contributed by atoms with Crippen molar-refractivity contribution in [2.45, 2.75) is 26.2 Å². The van der Waals surface area contributed by atoms with Crippen LogP contribution < -0.4 is 10.5 Å². The predicted molar refractivity (Wildman–Crippen MR) is 68.8 cm³/mol. The normalized spacial score (nSPS) is 11.6. The van der Waals surface area contributed by atoms with E-state index in [1.165, 1.54) is 0 Å². The van der Waals surface area contributed by atoms with E-state index in [0.717, 1.165) is 15.8 Å². The molecule has 0 aliphatic heterocycles. The summed E-state index contributed by atoms with van der Waals surface area (Å²) >= 11 is 9.43. The van der Waals surface area contributed by atoms with Gasteiger partial charge in [-0.25, -0.2) is 0 Å². The number of hydrogen-bond donors (Lipinski definition) is 1. The first-order chi connectivity index (χ1) is 6.79. The Morgan fingerprint density at radius 2 is 1.93 bits per heavy atom. The van der Waals surface area contributed by atoms with Crippen molar-refractivity contribution in [2.24, 2.45) is 0 Å². The van der Waals surface area contributed by atoms with E-state index < -0.39 is 0 Å². The highest BCUT2D eigenvalue weighted by Gasteiger charge is 2.23. The van der Waals surface area contributed by atoms with E-state index in [1.807, 2.05) is 6.07 Å². The maximum absolute atomic E-state index is 6.03. The van der Waals surface area contributed by atoms with E-state index in [4.69, 9.17) is 22.1 Å². The molecule has 1 aromatic carbocycles. The Morgan fingerprint density at radius 1 is 1.40 bits per heavy atom. The Morgan fingerprint density at radius 3 is 2.33 bits per heavy atom. The summed E-state index contributed by atoms with van der Waals surface area (Å²) in [5.74, 6) is 0.752. The lowest BCUT2D eigenvalue weighted by atomic mass is 9.86. The Balaban J connectivity index is 3.53. The first-order valence-electron chi connectivity index (χ1n) is 4.61. The van der Waals surface area contributed by atoms with E-state index in [2.05, 4.69) is 36.7 Å². The van der Waals surface area contributed by atoms with Crippen LogP contribution in [0.4, 0.5) is 5.69 Å². The summed E-state index contributed by atoms with van der Waals surface area (Å²) in [7, 11) is 1.63. The Labute approximate surface area is 104 Å². The van der Waals surface area contributed by atoms with Crippen LogP contribution in [0.15, 0.2) is 10.5 Å². The van der Waals surface area contributed by atoms with Crippen LogP contribution in [-0.2, 0) is 5.41 Å². The third-order valence-corrected chi connectivity index (χ3v) is 3.59. The zero-order valence-electron chi connectivity index (χ0n) is 9.32. The molecule has 0 bridgehead atoms. The number of benzene rings is 1. The molecule has 0 aliphatic rings. The monoisotopic (exact) mass is 291 g/mol. The zero-order valence-corrected chi connectivity index (χ0v) is 11.7. The molecular weight excluding hydrogens is 277 g/mol. The second kappa shape index (κ2) is 4.22. The first kappa shape index (κ1) is 12.7. The number of anilines is 1. The maximum atomic E-state index is 6.03. The summed E-state index contributed by atoms with van der Waals surface area (Å²) in [5.41, 5.74) is 7.39. The molecule has 1 rings (SSSR count). The van der Waals surface area contributed by atoms with Gasteiger partial charge in [-0.05, 0) is 27.4 Å². The van der Waals surface area contributed by atoms with Crippen LogP contribution in [0, 0.1) is 0 Å². The molecule has 0 heterocycles. The average Bonchev–Trinajstić information content (AvgIpc) is 2.12. The van der Waals surface area contributed by atoms with E-state index in [9.17, 15) is 0 Å². The summed E-state index contributed by atoms with van der Waals surface area (Å²) in [6, 6.07) is 1.87. The molecule has 2 N–H and O–H groups in total. The van der Waals surface area contributed by atoms with E-state index in [0.29, 0.717) is 10.7 Å². The second-order valence-electron chi connectivity index (χ2n) is 4.42. The number of nitrogens with two attached hydrogens (primary N) is 1. The third kappa shape index (κ3) is 2.40. The van der Waals surface area contributed by atoms with Gasteiger partial charge in [-0.1, -0.05) is 32.4 Å². The van der Waals surface area contributed by atoms with Crippen molar-refractivity contribution >= 4 is 33.2 Å².